The zero-order valence-electron chi connectivity index (χ0n) is 12.0. The topological polar surface area (TPSA) is 30.7 Å². The van der Waals surface area contributed by atoms with Gasteiger partial charge in [0.2, 0.25) is 0 Å². The summed E-state index contributed by atoms with van der Waals surface area (Å²) in [5, 5.41) is 1.57. The molecule has 0 radical (unpaired) electrons. The first-order valence-electron chi connectivity index (χ1n) is 6.96. The number of thiocarbonyl (C=S) groups is 1. The highest BCUT2D eigenvalue weighted by Crippen LogP contribution is 2.32. The summed E-state index contributed by atoms with van der Waals surface area (Å²) in [5.74, 6) is 0.461. The van der Waals surface area contributed by atoms with Gasteiger partial charge in [-0.15, -0.1) is 0 Å². The molecule has 0 aliphatic carbocycles. The Hall–Kier alpha value is -2.40. The molecular formula is C17H14FN3S. The Morgan fingerprint density at radius 1 is 1.09 bits per heavy atom. The maximum atomic E-state index is 13.2. The van der Waals surface area contributed by atoms with Gasteiger partial charge in [0.05, 0.1) is 11.4 Å². The normalized spacial score (nSPS) is 10.6. The fraction of sp³-hybridized carbons (Fsp3) is 0.118. The molecule has 0 N–H and O–H groups in total. The summed E-state index contributed by atoms with van der Waals surface area (Å²) in [6, 6.07) is 10.2. The van der Waals surface area contributed by atoms with E-state index in [4.69, 9.17) is 12.2 Å². The molecule has 0 atom stereocenters. The van der Waals surface area contributed by atoms with E-state index in [1.54, 1.807) is 29.9 Å². The smallest absolute Gasteiger partial charge is 0.144 e. The van der Waals surface area contributed by atoms with Crippen molar-refractivity contribution in [2.45, 2.75) is 13.5 Å². The van der Waals surface area contributed by atoms with Crippen molar-refractivity contribution in [1.82, 2.24) is 14.5 Å². The Morgan fingerprint density at radius 2 is 1.77 bits per heavy atom. The molecule has 2 aromatic heterocycles. The quantitative estimate of drug-likeness (QED) is 0.679. The highest BCUT2D eigenvalue weighted by Gasteiger charge is 2.18. The van der Waals surface area contributed by atoms with Gasteiger partial charge in [0.25, 0.3) is 0 Å². The van der Waals surface area contributed by atoms with Crippen molar-refractivity contribution in [2.75, 3.05) is 0 Å². The first kappa shape index (κ1) is 14.5. The maximum absolute atomic E-state index is 13.2. The first-order chi connectivity index (χ1) is 10.7. The van der Waals surface area contributed by atoms with Crippen LogP contribution in [-0.2, 0) is 6.54 Å². The van der Waals surface area contributed by atoms with Crippen molar-refractivity contribution in [3.63, 3.8) is 0 Å². The number of aromatic nitrogens is 3. The Kier molecular flexibility index (Phi) is 4.06. The second kappa shape index (κ2) is 6.15. The second-order valence-electron chi connectivity index (χ2n) is 4.77. The number of benzene rings is 1. The molecule has 0 aliphatic heterocycles. The van der Waals surface area contributed by atoms with Gasteiger partial charge in [0.15, 0.2) is 0 Å². The van der Waals surface area contributed by atoms with Gasteiger partial charge < -0.3 is 4.57 Å². The lowest BCUT2D eigenvalue weighted by atomic mass is 10.1. The standard InChI is InChI=1S/C17H14FN3S/c1-2-21-15(11-22)20-16(12-3-5-14(18)6-4-12)17(21)13-7-9-19-10-8-13/h3-11H,2H2,1H3. The van der Waals surface area contributed by atoms with Crippen LogP contribution in [0.1, 0.15) is 12.7 Å². The predicted octanol–water partition coefficient (Wildman–Crippen LogP) is 4.12. The molecule has 22 heavy (non-hydrogen) atoms. The van der Waals surface area contributed by atoms with Crippen LogP contribution in [0.3, 0.4) is 0 Å². The summed E-state index contributed by atoms with van der Waals surface area (Å²) < 4.78 is 15.2. The molecule has 0 fully saturated rings. The van der Waals surface area contributed by atoms with Gasteiger partial charge in [-0.25, -0.2) is 9.37 Å². The molecule has 2 heterocycles. The molecule has 0 aliphatic rings. The lowest BCUT2D eigenvalue weighted by Crippen LogP contribution is -2.02. The van der Waals surface area contributed by atoms with E-state index in [9.17, 15) is 4.39 Å². The molecular weight excluding hydrogens is 297 g/mol. The van der Waals surface area contributed by atoms with E-state index in [1.807, 2.05) is 19.1 Å². The van der Waals surface area contributed by atoms with E-state index in [0.717, 1.165) is 34.9 Å². The highest BCUT2D eigenvalue weighted by molar-refractivity contribution is 7.79. The van der Waals surface area contributed by atoms with Crippen molar-refractivity contribution in [2.24, 2.45) is 0 Å². The zero-order valence-corrected chi connectivity index (χ0v) is 12.8. The number of imidazole rings is 1. The summed E-state index contributed by atoms with van der Waals surface area (Å²) in [4.78, 5) is 8.70. The van der Waals surface area contributed by atoms with Crippen molar-refractivity contribution >= 4 is 17.6 Å². The minimum atomic E-state index is -0.265. The van der Waals surface area contributed by atoms with Crippen molar-refractivity contribution in [3.8, 4) is 22.5 Å². The number of hydrogen-bond acceptors (Lipinski definition) is 3. The first-order valence-corrected chi connectivity index (χ1v) is 7.43. The fourth-order valence-corrected chi connectivity index (χ4v) is 2.67. The molecule has 3 aromatic rings. The van der Waals surface area contributed by atoms with E-state index in [2.05, 4.69) is 14.5 Å². The molecule has 0 bridgehead atoms. The van der Waals surface area contributed by atoms with Crippen LogP contribution in [0.2, 0.25) is 0 Å². The summed E-state index contributed by atoms with van der Waals surface area (Å²) in [6.45, 7) is 2.79. The Labute approximate surface area is 133 Å². The molecule has 110 valence electrons. The molecule has 1 aromatic carbocycles. The number of nitrogens with zero attached hydrogens (tertiary/aromatic N) is 3. The van der Waals surface area contributed by atoms with Gasteiger partial charge in [-0.2, -0.15) is 0 Å². The molecule has 5 heteroatoms. The minimum Gasteiger partial charge on any atom is -0.324 e. The van der Waals surface area contributed by atoms with Crippen LogP contribution in [-0.4, -0.2) is 19.9 Å². The Balaban J connectivity index is 2.27. The van der Waals surface area contributed by atoms with Crippen LogP contribution in [0, 0.1) is 5.82 Å². The molecule has 0 saturated heterocycles. The summed E-state index contributed by atoms with van der Waals surface area (Å²) in [7, 11) is 0. The Morgan fingerprint density at radius 3 is 2.36 bits per heavy atom. The summed E-state index contributed by atoms with van der Waals surface area (Å²) >= 11 is 5.09. The van der Waals surface area contributed by atoms with Crippen LogP contribution < -0.4 is 0 Å². The Bertz CT molecular complexity index is 795. The summed E-state index contributed by atoms with van der Waals surface area (Å²) in [5.41, 5.74) is 3.63. The lowest BCUT2D eigenvalue weighted by molar-refractivity contribution is 0.628. The second-order valence-corrected chi connectivity index (χ2v) is 5.01. The number of pyridine rings is 1. The van der Waals surface area contributed by atoms with Crippen molar-refractivity contribution < 1.29 is 4.39 Å². The fourth-order valence-electron chi connectivity index (χ4n) is 2.49. The molecule has 0 amide bonds. The monoisotopic (exact) mass is 311 g/mol. The van der Waals surface area contributed by atoms with E-state index in [1.165, 1.54) is 12.1 Å². The number of hydrogen-bond donors (Lipinski definition) is 0. The van der Waals surface area contributed by atoms with Gasteiger partial charge in [-0.3, -0.25) is 4.98 Å². The zero-order chi connectivity index (χ0) is 15.5. The molecule has 3 nitrogen and oxygen atoms in total. The van der Waals surface area contributed by atoms with Gasteiger partial charge in [-0.05, 0) is 43.3 Å². The average Bonchev–Trinajstić information content (AvgIpc) is 2.95. The van der Waals surface area contributed by atoms with Gasteiger partial charge in [0.1, 0.15) is 11.6 Å². The largest absolute Gasteiger partial charge is 0.324 e. The van der Waals surface area contributed by atoms with E-state index < -0.39 is 0 Å². The summed E-state index contributed by atoms with van der Waals surface area (Å²) in [6.07, 6.45) is 3.49. The minimum absolute atomic E-state index is 0.265. The maximum Gasteiger partial charge on any atom is 0.144 e. The van der Waals surface area contributed by atoms with Gasteiger partial charge in [-0.1, -0.05) is 12.2 Å². The van der Waals surface area contributed by atoms with E-state index >= 15 is 0 Å². The molecule has 3 rings (SSSR count). The third kappa shape index (κ3) is 2.55. The van der Waals surface area contributed by atoms with Crippen molar-refractivity contribution in [1.29, 1.82) is 0 Å². The third-order valence-corrected chi connectivity index (χ3v) is 3.70. The SMILES string of the molecule is CCn1c(C=S)nc(-c2ccc(F)cc2)c1-c1ccncc1. The van der Waals surface area contributed by atoms with Gasteiger partial charge in [0, 0.05) is 35.4 Å². The molecule has 0 unspecified atom stereocenters. The van der Waals surface area contributed by atoms with Crippen LogP contribution in [0.4, 0.5) is 4.39 Å². The van der Waals surface area contributed by atoms with Crippen molar-refractivity contribution in [3.05, 3.63) is 60.4 Å². The van der Waals surface area contributed by atoms with Crippen LogP contribution >= 0.6 is 12.2 Å². The number of rotatable bonds is 4. The van der Waals surface area contributed by atoms with Crippen LogP contribution in [0.15, 0.2) is 48.8 Å². The number of halogens is 1. The van der Waals surface area contributed by atoms with Gasteiger partial charge >= 0.3 is 0 Å². The molecule has 0 saturated carbocycles. The molecule has 0 spiro atoms. The van der Waals surface area contributed by atoms with E-state index in [0.29, 0.717) is 0 Å². The van der Waals surface area contributed by atoms with E-state index in [-0.39, 0.29) is 5.82 Å². The highest BCUT2D eigenvalue weighted by atomic mass is 32.1. The third-order valence-electron chi connectivity index (χ3n) is 3.49. The average molecular weight is 311 g/mol. The van der Waals surface area contributed by atoms with Crippen LogP contribution in [0.5, 0.6) is 0 Å². The predicted molar refractivity (Wildman–Crippen MR) is 89.3 cm³/mol. The lowest BCUT2D eigenvalue weighted by Gasteiger charge is -2.09. The van der Waals surface area contributed by atoms with Crippen LogP contribution in [0.25, 0.3) is 22.5 Å².